The third-order valence-corrected chi connectivity index (χ3v) is 1.91. The summed E-state index contributed by atoms with van der Waals surface area (Å²) in [6, 6.07) is 0. The molecule has 0 heterocycles. The molecule has 0 amide bonds. The van der Waals surface area contributed by atoms with E-state index in [1.807, 2.05) is 0 Å². The predicted octanol–water partition coefficient (Wildman–Crippen LogP) is -6.58. The summed E-state index contributed by atoms with van der Waals surface area (Å²) in [5, 5.41) is 0. The molecule has 0 spiro atoms. The van der Waals surface area contributed by atoms with Crippen LogP contribution in [0.1, 0.15) is 2.85 Å². The van der Waals surface area contributed by atoms with Crippen molar-refractivity contribution in [2.75, 3.05) is 0 Å². The minimum absolute atomic E-state index is 0. The molecule has 0 aliphatic rings. The molecule has 0 aromatic rings. The molecule has 0 bridgehead atoms. The molecule has 0 aliphatic heterocycles. The van der Waals surface area contributed by atoms with Crippen molar-refractivity contribution in [3.63, 3.8) is 0 Å². The van der Waals surface area contributed by atoms with Gasteiger partial charge in [0.25, 0.3) is 0 Å². The van der Waals surface area contributed by atoms with Crippen LogP contribution in [-0.2, 0) is 13.4 Å². The van der Waals surface area contributed by atoms with E-state index in [0.717, 1.165) is 0 Å². The number of hydrogen-bond donors (Lipinski definition) is 4. The summed E-state index contributed by atoms with van der Waals surface area (Å²) in [6.45, 7) is 0. The Balaban J connectivity index is -0.0000000533. The third kappa shape index (κ3) is 18.4. The van der Waals surface area contributed by atoms with Gasteiger partial charge in [-0.25, -0.2) is 9.13 Å². The van der Waals surface area contributed by atoms with E-state index in [4.69, 9.17) is 19.6 Å². The van der Waals surface area contributed by atoms with Gasteiger partial charge in [-0.3, -0.25) is 0 Å². The van der Waals surface area contributed by atoms with Gasteiger partial charge in [-0.05, 0) is 0 Å². The van der Waals surface area contributed by atoms with Crippen molar-refractivity contribution in [1.82, 2.24) is 0 Å². The van der Waals surface area contributed by atoms with Gasteiger partial charge in [0.15, 0.2) is 0 Å². The molecular weight excluding hydrogens is 188 g/mol. The van der Waals surface area contributed by atoms with Gasteiger partial charge in [0, 0.05) is 0 Å². The van der Waals surface area contributed by atoms with E-state index in [1.165, 1.54) is 0 Å². The molecule has 0 aliphatic carbocycles. The van der Waals surface area contributed by atoms with Gasteiger partial charge in [0.2, 0.25) is 0 Å². The molecule has 0 aromatic heterocycles. The summed E-state index contributed by atoms with van der Waals surface area (Å²) in [4.78, 5) is 31.0. The van der Waals surface area contributed by atoms with E-state index >= 15 is 0 Å². The number of phosphoric acid groups is 2. The van der Waals surface area contributed by atoms with Crippen LogP contribution in [0.25, 0.3) is 0 Å². The van der Waals surface area contributed by atoms with Gasteiger partial charge >= 0.3 is 53.4 Å². The second kappa shape index (κ2) is 5.99. The molecule has 0 rings (SSSR count). The Labute approximate surface area is 89.3 Å². The monoisotopic (exact) mass is 194 g/mol. The van der Waals surface area contributed by atoms with Gasteiger partial charge in [-0.1, -0.05) is 0 Å². The first kappa shape index (κ1) is 18.3. The Hall–Kier alpha value is 1.45. The average molecular weight is 194 g/mol. The zero-order valence-corrected chi connectivity index (χ0v) is 7.70. The molecule has 60 valence electrons. The molecular formula is H6Li2O7P2. The summed E-state index contributed by atoms with van der Waals surface area (Å²) in [7, 11) is -10.1. The van der Waals surface area contributed by atoms with E-state index in [-0.39, 0.29) is 40.6 Å². The van der Waals surface area contributed by atoms with Crippen LogP contribution in [0, 0.1) is 0 Å². The fourth-order valence-corrected chi connectivity index (χ4v) is 1.25. The first-order valence-electron chi connectivity index (χ1n) is 1.53. The smallest absolute Gasteiger partial charge is 1.00 e. The van der Waals surface area contributed by atoms with Crippen LogP contribution in [0.5, 0.6) is 0 Å². The Morgan fingerprint density at radius 1 is 0.909 bits per heavy atom. The average Bonchev–Trinajstić information content (AvgIpc) is 1.14. The zero-order chi connectivity index (χ0) is 7.71. The van der Waals surface area contributed by atoms with Gasteiger partial charge in [-0.15, -0.1) is 0 Å². The van der Waals surface area contributed by atoms with Crippen LogP contribution in [-0.4, -0.2) is 19.6 Å². The second-order valence-electron chi connectivity index (χ2n) is 1.06. The fourth-order valence-electron chi connectivity index (χ4n) is 0.139. The van der Waals surface area contributed by atoms with E-state index < -0.39 is 15.6 Å². The Morgan fingerprint density at radius 2 is 1.09 bits per heavy atom. The Bertz CT molecular complexity index is 163. The zero-order valence-electron chi connectivity index (χ0n) is 7.91. The molecule has 11 heteroatoms. The van der Waals surface area contributed by atoms with Crippen LogP contribution in [0.3, 0.4) is 0 Å². The first-order valence-corrected chi connectivity index (χ1v) is 4.59. The molecule has 0 fully saturated rings. The fraction of sp³-hybridized carbons (Fsp3) is 0. The molecule has 0 saturated heterocycles. The molecule has 0 radical (unpaired) electrons. The van der Waals surface area contributed by atoms with E-state index in [9.17, 15) is 9.13 Å². The van der Waals surface area contributed by atoms with Crippen molar-refractivity contribution in [2.24, 2.45) is 0 Å². The van der Waals surface area contributed by atoms with Crippen LogP contribution >= 0.6 is 15.6 Å². The number of hydrogen-bond acceptors (Lipinski definition) is 3. The van der Waals surface area contributed by atoms with E-state index in [2.05, 4.69) is 4.31 Å². The Kier molecular flexibility index (Phi) is 9.96. The standard InChI is InChI=1S/2Li.H4O7P2.2H/c;;1-8(2,3)7-9(4,5)6;;/h;;(H2,1,2,3)(H2,4,5,6);;/q2*+1;;2*-1. The first-order chi connectivity index (χ1) is 3.71. The minimum Gasteiger partial charge on any atom is -1.00 e. The Morgan fingerprint density at radius 3 is 1.09 bits per heavy atom. The molecule has 7 nitrogen and oxygen atoms in total. The van der Waals surface area contributed by atoms with Crippen molar-refractivity contribution in [3.8, 4) is 0 Å². The van der Waals surface area contributed by atoms with Crippen molar-refractivity contribution in [3.05, 3.63) is 0 Å². The minimum atomic E-state index is -5.05. The van der Waals surface area contributed by atoms with Crippen molar-refractivity contribution < 1.29 is 73.6 Å². The van der Waals surface area contributed by atoms with Gasteiger partial charge in [-0.2, -0.15) is 4.31 Å². The van der Waals surface area contributed by atoms with Gasteiger partial charge in [0.05, 0.1) is 0 Å². The van der Waals surface area contributed by atoms with Crippen molar-refractivity contribution >= 4 is 15.6 Å². The maximum absolute atomic E-state index is 9.63. The van der Waals surface area contributed by atoms with Crippen LogP contribution in [0.15, 0.2) is 0 Å². The quantitative estimate of drug-likeness (QED) is 0.254. The van der Waals surface area contributed by atoms with Crippen LogP contribution < -0.4 is 37.7 Å². The van der Waals surface area contributed by atoms with Gasteiger partial charge < -0.3 is 22.4 Å². The largest absolute Gasteiger partial charge is 1.00 e. The molecule has 0 saturated carbocycles. The molecule has 0 atom stereocenters. The molecule has 0 aromatic carbocycles. The normalized spacial score (nSPS) is 11.3. The summed E-state index contributed by atoms with van der Waals surface area (Å²) in [5.41, 5.74) is 0. The SMILES string of the molecule is O=P(O)(O)OP(=O)(O)O.[H-].[H-].[Li+].[Li+]. The summed E-state index contributed by atoms with van der Waals surface area (Å²) < 4.78 is 22.2. The molecule has 4 N–H and O–H groups in total. The van der Waals surface area contributed by atoms with Crippen molar-refractivity contribution in [1.29, 1.82) is 0 Å². The predicted molar refractivity (Wildman–Crippen MR) is 27.4 cm³/mol. The maximum Gasteiger partial charge on any atom is 1.00 e. The van der Waals surface area contributed by atoms with Gasteiger partial charge in [0.1, 0.15) is 0 Å². The van der Waals surface area contributed by atoms with Crippen LogP contribution in [0.2, 0.25) is 0 Å². The molecule has 0 unspecified atom stereocenters. The van der Waals surface area contributed by atoms with Crippen molar-refractivity contribution in [2.45, 2.75) is 0 Å². The summed E-state index contributed by atoms with van der Waals surface area (Å²) >= 11 is 0. The molecule has 11 heavy (non-hydrogen) atoms. The van der Waals surface area contributed by atoms with E-state index in [0.29, 0.717) is 0 Å². The summed E-state index contributed by atoms with van der Waals surface area (Å²) in [6.07, 6.45) is 0. The van der Waals surface area contributed by atoms with Crippen LogP contribution in [0.4, 0.5) is 0 Å². The van der Waals surface area contributed by atoms with E-state index in [1.54, 1.807) is 0 Å². The number of rotatable bonds is 2. The third-order valence-electron chi connectivity index (χ3n) is 0.213. The maximum atomic E-state index is 9.63. The summed E-state index contributed by atoms with van der Waals surface area (Å²) in [5.74, 6) is 0. The topological polar surface area (TPSA) is 124 Å². The second-order valence-corrected chi connectivity index (χ2v) is 3.68.